The minimum atomic E-state index is -0.239. The quantitative estimate of drug-likeness (QED) is 0.898. The molecule has 3 nitrogen and oxygen atoms in total. The fraction of sp³-hybridized carbons (Fsp3) is 0.214. The molecule has 1 heterocycles. The van der Waals surface area contributed by atoms with Crippen LogP contribution in [0.1, 0.15) is 5.56 Å². The Balaban J connectivity index is 1.97. The topological polar surface area (TPSA) is 34.0 Å². The second-order valence-corrected chi connectivity index (χ2v) is 4.12. The van der Waals surface area contributed by atoms with Crippen molar-refractivity contribution in [3.63, 3.8) is 0 Å². The van der Waals surface area contributed by atoms with Crippen molar-refractivity contribution >= 4 is 5.69 Å². The maximum Gasteiger partial charge on any atom is 0.250 e. The van der Waals surface area contributed by atoms with Crippen molar-refractivity contribution in [2.75, 3.05) is 11.9 Å². The number of rotatable bonds is 4. The molecule has 1 aromatic heterocycles. The van der Waals surface area contributed by atoms with E-state index in [0.29, 0.717) is 13.1 Å². The summed E-state index contributed by atoms with van der Waals surface area (Å²) in [6.45, 7) is 3.05. The molecule has 0 saturated carbocycles. The standard InChI is InChI=1S/C14H15FN2O/c1-11-10-12(15)5-6-13(11)16-7-9-17-8-3-2-4-14(17)18/h2-6,8,10,16H,7,9H2,1H3. The first kappa shape index (κ1) is 12.4. The summed E-state index contributed by atoms with van der Waals surface area (Å²) in [5, 5.41) is 3.19. The van der Waals surface area contributed by atoms with Gasteiger partial charge in [0.1, 0.15) is 5.82 Å². The van der Waals surface area contributed by atoms with Gasteiger partial charge in [-0.3, -0.25) is 4.79 Å². The minimum absolute atomic E-state index is 0.0184. The Bertz CT molecular complexity index is 592. The Morgan fingerprint density at radius 2 is 2.11 bits per heavy atom. The fourth-order valence-corrected chi connectivity index (χ4v) is 1.78. The van der Waals surface area contributed by atoms with E-state index in [1.807, 2.05) is 13.0 Å². The highest BCUT2D eigenvalue weighted by Crippen LogP contribution is 2.15. The first-order chi connectivity index (χ1) is 8.66. The van der Waals surface area contributed by atoms with Gasteiger partial charge in [0.15, 0.2) is 0 Å². The molecule has 0 fully saturated rings. The molecule has 0 spiro atoms. The molecule has 0 aliphatic carbocycles. The van der Waals surface area contributed by atoms with Crippen molar-refractivity contribution in [3.8, 4) is 0 Å². The van der Waals surface area contributed by atoms with Gasteiger partial charge in [0.05, 0.1) is 0 Å². The monoisotopic (exact) mass is 246 g/mol. The molecule has 0 aliphatic heterocycles. The second kappa shape index (κ2) is 5.49. The maximum atomic E-state index is 12.9. The summed E-state index contributed by atoms with van der Waals surface area (Å²) >= 11 is 0. The van der Waals surface area contributed by atoms with E-state index in [1.54, 1.807) is 22.9 Å². The van der Waals surface area contributed by atoms with Crippen molar-refractivity contribution in [2.45, 2.75) is 13.5 Å². The molecule has 2 rings (SSSR count). The number of nitrogens with zero attached hydrogens (tertiary/aromatic N) is 1. The lowest BCUT2D eigenvalue weighted by atomic mass is 10.2. The molecular formula is C14H15FN2O. The molecule has 0 amide bonds. The smallest absolute Gasteiger partial charge is 0.250 e. The number of nitrogens with one attached hydrogen (secondary N) is 1. The number of benzene rings is 1. The molecule has 0 atom stereocenters. The molecule has 0 saturated heterocycles. The lowest BCUT2D eigenvalue weighted by Gasteiger charge is -2.10. The highest BCUT2D eigenvalue weighted by atomic mass is 19.1. The molecule has 94 valence electrons. The van der Waals surface area contributed by atoms with Crippen LogP contribution in [0.4, 0.5) is 10.1 Å². The van der Waals surface area contributed by atoms with Crippen LogP contribution >= 0.6 is 0 Å². The van der Waals surface area contributed by atoms with Crippen molar-refractivity contribution < 1.29 is 4.39 Å². The first-order valence-corrected chi connectivity index (χ1v) is 5.82. The Labute approximate surface area is 105 Å². The van der Waals surface area contributed by atoms with E-state index >= 15 is 0 Å². The van der Waals surface area contributed by atoms with E-state index in [-0.39, 0.29) is 11.4 Å². The number of aryl methyl sites for hydroxylation is 1. The van der Waals surface area contributed by atoms with Crippen LogP contribution in [0.15, 0.2) is 47.4 Å². The zero-order valence-electron chi connectivity index (χ0n) is 10.2. The highest BCUT2D eigenvalue weighted by Gasteiger charge is 1.99. The summed E-state index contributed by atoms with van der Waals surface area (Å²) in [4.78, 5) is 11.5. The molecule has 18 heavy (non-hydrogen) atoms. The van der Waals surface area contributed by atoms with Crippen LogP contribution in [0.25, 0.3) is 0 Å². The van der Waals surface area contributed by atoms with Crippen LogP contribution in [0, 0.1) is 12.7 Å². The summed E-state index contributed by atoms with van der Waals surface area (Å²) in [5.74, 6) is -0.239. The van der Waals surface area contributed by atoms with Gasteiger partial charge in [-0.05, 0) is 36.8 Å². The molecule has 0 bridgehead atoms. The lowest BCUT2D eigenvalue weighted by molar-refractivity contribution is 0.626. The number of hydrogen-bond acceptors (Lipinski definition) is 2. The molecule has 2 aromatic rings. The van der Waals surface area contributed by atoms with Crippen LogP contribution in [0.3, 0.4) is 0 Å². The SMILES string of the molecule is Cc1cc(F)ccc1NCCn1ccccc1=O. The summed E-state index contributed by atoms with van der Waals surface area (Å²) in [6, 6.07) is 9.68. The van der Waals surface area contributed by atoms with Gasteiger partial charge in [-0.1, -0.05) is 6.07 Å². The number of halogens is 1. The fourth-order valence-electron chi connectivity index (χ4n) is 1.78. The van der Waals surface area contributed by atoms with Crippen LogP contribution in [-0.4, -0.2) is 11.1 Å². The Kier molecular flexibility index (Phi) is 3.77. The van der Waals surface area contributed by atoms with Gasteiger partial charge in [0, 0.05) is 31.0 Å². The summed E-state index contributed by atoms with van der Waals surface area (Å²) in [7, 11) is 0. The van der Waals surface area contributed by atoms with Crippen molar-refractivity contribution in [2.24, 2.45) is 0 Å². The van der Waals surface area contributed by atoms with Gasteiger partial charge in [-0.25, -0.2) is 4.39 Å². The third kappa shape index (κ3) is 2.97. The second-order valence-electron chi connectivity index (χ2n) is 4.12. The summed E-state index contributed by atoms with van der Waals surface area (Å²) in [5.41, 5.74) is 1.73. The van der Waals surface area contributed by atoms with E-state index < -0.39 is 0 Å². The third-order valence-electron chi connectivity index (χ3n) is 2.76. The average Bonchev–Trinajstić information content (AvgIpc) is 2.34. The number of aromatic nitrogens is 1. The predicted octanol–water partition coefficient (Wildman–Crippen LogP) is 2.41. The van der Waals surface area contributed by atoms with E-state index in [4.69, 9.17) is 0 Å². The normalized spacial score (nSPS) is 10.3. The van der Waals surface area contributed by atoms with E-state index in [9.17, 15) is 9.18 Å². The van der Waals surface area contributed by atoms with Crippen molar-refractivity contribution in [3.05, 3.63) is 64.3 Å². The van der Waals surface area contributed by atoms with Gasteiger partial charge in [0.25, 0.3) is 5.56 Å². The largest absolute Gasteiger partial charge is 0.383 e. The van der Waals surface area contributed by atoms with Gasteiger partial charge in [-0.15, -0.1) is 0 Å². The zero-order valence-corrected chi connectivity index (χ0v) is 10.2. The van der Waals surface area contributed by atoms with Crippen LogP contribution in [0.5, 0.6) is 0 Å². The van der Waals surface area contributed by atoms with E-state index in [0.717, 1.165) is 11.3 Å². The highest BCUT2D eigenvalue weighted by molar-refractivity contribution is 5.50. The van der Waals surface area contributed by atoms with Crippen LogP contribution in [0.2, 0.25) is 0 Å². The van der Waals surface area contributed by atoms with Crippen LogP contribution in [-0.2, 0) is 6.54 Å². The Hall–Kier alpha value is -2.10. The molecule has 4 heteroatoms. The number of pyridine rings is 1. The van der Waals surface area contributed by atoms with E-state index in [1.165, 1.54) is 18.2 Å². The molecule has 0 aliphatic rings. The van der Waals surface area contributed by atoms with Gasteiger partial charge in [-0.2, -0.15) is 0 Å². The average molecular weight is 246 g/mol. The van der Waals surface area contributed by atoms with Crippen molar-refractivity contribution in [1.29, 1.82) is 0 Å². The first-order valence-electron chi connectivity index (χ1n) is 5.82. The maximum absolute atomic E-state index is 12.9. The third-order valence-corrected chi connectivity index (χ3v) is 2.76. The zero-order chi connectivity index (χ0) is 13.0. The summed E-state index contributed by atoms with van der Waals surface area (Å²) in [6.07, 6.45) is 1.75. The molecule has 0 radical (unpaired) electrons. The van der Waals surface area contributed by atoms with Gasteiger partial charge >= 0.3 is 0 Å². The number of hydrogen-bond donors (Lipinski definition) is 1. The van der Waals surface area contributed by atoms with Gasteiger partial charge in [0.2, 0.25) is 0 Å². The lowest BCUT2D eigenvalue weighted by Crippen LogP contribution is -2.22. The minimum Gasteiger partial charge on any atom is -0.383 e. The number of anilines is 1. The Morgan fingerprint density at radius 3 is 2.83 bits per heavy atom. The molecule has 1 aromatic carbocycles. The van der Waals surface area contributed by atoms with Crippen molar-refractivity contribution in [1.82, 2.24) is 4.57 Å². The Morgan fingerprint density at radius 1 is 1.28 bits per heavy atom. The summed E-state index contributed by atoms with van der Waals surface area (Å²) < 4.78 is 14.5. The van der Waals surface area contributed by atoms with Crippen LogP contribution < -0.4 is 10.9 Å². The molecule has 0 unspecified atom stereocenters. The molecular weight excluding hydrogens is 231 g/mol. The predicted molar refractivity (Wildman–Crippen MR) is 70.3 cm³/mol. The van der Waals surface area contributed by atoms with E-state index in [2.05, 4.69) is 5.32 Å². The van der Waals surface area contributed by atoms with Gasteiger partial charge < -0.3 is 9.88 Å². The molecule has 1 N–H and O–H groups in total.